The minimum Gasteiger partial charge on any atom is -0.260 e. The summed E-state index contributed by atoms with van der Waals surface area (Å²) in [4.78, 5) is 93.5. The Bertz CT molecular complexity index is 5350. The van der Waals surface area contributed by atoms with Crippen LogP contribution in [0.1, 0.15) is 408 Å². The van der Waals surface area contributed by atoms with Gasteiger partial charge in [-0.15, -0.1) is 5.92 Å². The Kier molecular flexibility index (Phi) is 52.5. The molecule has 0 aliphatic heterocycles. The average molecular weight is 2040 g/mol. The third kappa shape index (κ3) is 55.5. The van der Waals surface area contributed by atoms with E-state index in [2.05, 4.69) is 461 Å². The summed E-state index contributed by atoms with van der Waals surface area (Å²) in [5, 5.41) is 0.567. The molecule has 0 fully saturated rings. The molecule has 0 saturated carbocycles. The first-order valence-electron chi connectivity index (χ1n) is 51.3. The minimum absolute atomic E-state index is 0.00914. The minimum atomic E-state index is 0.00914. The van der Waals surface area contributed by atoms with Crippen molar-refractivity contribution in [1.29, 1.82) is 0 Å². The van der Waals surface area contributed by atoms with Crippen LogP contribution in [0, 0.1) is 74.2 Å². The van der Waals surface area contributed by atoms with Gasteiger partial charge in [-0.3, -0.25) is 15.0 Å². The van der Waals surface area contributed by atoms with Gasteiger partial charge in [0.15, 0.2) is 0 Å². The van der Waals surface area contributed by atoms with Crippen LogP contribution < -0.4 is 0 Å². The maximum absolute atomic E-state index is 5.74. The molecule has 23 heteroatoms. The summed E-state index contributed by atoms with van der Waals surface area (Å²) < 4.78 is 0. The molecule has 0 saturated heterocycles. The lowest BCUT2D eigenvalue weighted by molar-refractivity contribution is 0.544. The molecular weight excluding hydrogens is 1860 g/mol. The third-order valence-corrected chi connectivity index (χ3v) is 20.9. The Morgan fingerprint density at radius 2 is 0.423 bits per heavy atom. The van der Waals surface area contributed by atoms with Crippen LogP contribution in [0.25, 0.3) is 11.1 Å². The average Bonchev–Trinajstić information content (AvgIpc) is 0.894. The molecule has 14 aromatic rings. The van der Waals surface area contributed by atoms with Crippen molar-refractivity contribution in [2.75, 3.05) is 0 Å². The van der Waals surface area contributed by atoms with Crippen LogP contribution in [0.15, 0.2) is 221 Å². The van der Waals surface area contributed by atoms with Gasteiger partial charge >= 0.3 is 0 Å². The molecule has 804 valence electrons. The van der Waals surface area contributed by atoms with Gasteiger partial charge in [0.2, 0.25) is 0 Å². The van der Waals surface area contributed by atoms with E-state index in [-0.39, 0.29) is 70.4 Å². The van der Waals surface area contributed by atoms with Gasteiger partial charge in [0.25, 0.3) is 0 Å². The fourth-order valence-corrected chi connectivity index (χ4v) is 11.5. The van der Waals surface area contributed by atoms with E-state index in [4.69, 9.17) is 11.6 Å². The maximum Gasteiger partial charge on any atom is 0.133 e. The lowest BCUT2D eigenvalue weighted by Gasteiger charge is -2.17. The largest absolute Gasteiger partial charge is 0.260 e. The maximum atomic E-state index is 5.74. The summed E-state index contributed by atoms with van der Waals surface area (Å²) in [6, 6.07) is 30.3. The van der Waals surface area contributed by atoms with E-state index in [0.29, 0.717) is 5.15 Å². The highest BCUT2D eigenvalue weighted by molar-refractivity contribution is 6.29. The molecule has 1 aromatic carbocycles. The second kappa shape index (κ2) is 59.1. The fraction of sp³-hybridized carbons (Fsp3) is 0.492. The zero-order valence-corrected chi connectivity index (χ0v) is 101. The summed E-state index contributed by atoms with van der Waals surface area (Å²) in [5.74, 6) is 13.7. The van der Waals surface area contributed by atoms with Crippen molar-refractivity contribution < 1.29 is 0 Å². The van der Waals surface area contributed by atoms with Crippen LogP contribution in [0.2, 0.25) is 5.15 Å². The molecule has 0 atom stereocenters. The highest BCUT2D eigenvalue weighted by Crippen LogP contribution is 2.29. The second-order valence-electron chi connectivity index (χ2n) is 50.6. The van der Waals surface area contributed by atoms with Crippen LogP contribution in [0.4, 0.5) is 0 Å². The van der Waals surface area contributed by atoms with Crippen molar-refractivity contribution in [3.05, 3.63) is 357 Å². The molecule has 14 rings (SSSR count). The van der Waals surface area contributed by atoms with Crippen molar-refractivity contribution in [3.8, 4) is 23.0 Å². The van der Waals surface area contributed by atoms with Gasteiger partial charge in [-0.1, -0.05) is 342 Å². The Morgan fingerprint density at radius 3 is 0.624 bits per heavy atom. The SMILES string of the molecule is CC#Cc1cnc(C(C)(C)C)nc1.CC(C)(C)c1cccc(Cl)n1.CC(C)(C)c1ncc(-c2ccccc2)cn1.CC(C)(C)c1ncccn1.Cc1ccc(C(C)(C)C)nc1.Cc1ccc(C(C)(C)C)nc1.Cc1ccc(C(C)(C)C)nc1.Cc1cnc(C(C)(C)C)nc1.Cc1cnc(C(C)(C)C)nc1.Cc1cnc(C(C)(C)C)nc1.Cc1cnc(C(C)(C)C)nc1.Cc1cnc(C(C)(C)C)nc1.Cc1ncc(C(C)(C)C)cn1. The normalized spacial score (nSPS) is 11.5. The van der Waals surface area contributed by atoms with Crippen molar-refractivity contribution in [1.82, 2.24) is 110 Å². The van der Waals surface area contributed by atoms with E-state index in [1.807, 2.05) is 183 Å². The number of nitrogens with zero attached hydrogens (tertiary/aromatic N) is 22. The standard InChI is InChI=1S/C14H16N2.C11H14N2.3C10H15N.C9H12ClN.6C9H14N2.C8H12N2/c1-14(2,3)13-15-9-12(10-16-13)11-7-5-4-6-8-11;1-5-6-9-7-12-10(13-8-9)11(2,3)4;3*1-8-5-6-9(11-7-8)10(2,3)4;1-9(2,3)7-5-4-6-8(10)11-7;1-7-10-5-8(6-11-7)9(2,3)4;5*1-7-5-10-8(11-6-7)9(2,3)4;1-8(2,3)7-9-5-4-6-10-7/h4-10H,1-3H3;7-8H,1-4H3;3*5-7H,1-4H3;4-6H,1-3H3;6*5-6H,1-4H3;4-6H,1-3H3. The molecule has 0 N–H and O–H groups in total. The zero-order chi connectivity index (χ0) is 114. The first-order chi connectivity index (χ1) is 68.2. The molecule has 13 heterocycles. The van der Waals surface area contributed by atoms with Crippen molar-refractivity contribution >= 4 is 11.6 Å². The van der Waals surface area contributed by atoms with Crippen LogP contribution in [-0.4, -0.2) is 110 Å². The molecule has 13 aromatic heterocycles. The number of aromatic nitrogens is 22. The van der Waals surface area contributed by atoms with Gasteiger partial charge in [-0.25, -0.2) is 94.7 Å². The molecule has 0 amide bonds. The predicted octanol–water partition coefficient (Wildman–Crippen LogP) is 31.0. The summed E-state index contributed by atoms with van der Waals surface area (Å²) in [5.41, 5.74) is 19.2. The first kappa shape index (κ1) is 132. The first-order valence-corrected chi connectivity index (χ1v) is 51.7. The molecule has 22 nitrogen and oxygen atoms in total. The number of hydrogen-bond acceptors (Lipinski definition) is 22. The molecule has 0 unspecified atom stereocenters. The quantitative estimate of drug-likeness (QED) is 0.109. The van der Waals surface area contributed by atoms with Crippen LogP contribution in [-0.2, 0) is 70.4 Å². The topological polar surface area (TPSA) is 284 Å². The lowest BCUT2D eigenvalue weighted by Crippen LogP contribution is -2.15. The van der Waals surface area contributed by atoms with Gasteiger partial charge in [0.05, 0.1) is 5.56 Å². The van der Waals surface area contributed by atoms with Gasteiger partial charge in [-0.2, -0.15) is 0 Å². The smallest absolute Gasteiger partial charge is 0.133 e. The highest BCUT2D eigenvalue weighted by atomic mass is 35.5. The number of halogens is 1. The number of benzene rings is 1. The van der Waals surface area contributed by atoms with Gasteiger partial charge in [-0.05, 0) is 167 Å². The highest BCUT2D eigenvalue weighted by Gasteiger charge is 2.25. The Balaban J connectivity index is 0.000000546. The molecule has 0 aliphatic rings. The lowest BCUT2D eigenvalue weighted by atomic mass is 9.89. The van der Waals surface area contributed by atoms with E-state index in [0.717, 1.165) is 120 Å². The van der Waals surface area contributed by atoms with Crippen molar-refractivity contribution in [2.24, 2.45) is 0 Å². The van der Waals surface area contributed by atoms with E-state index < -0.39 is 0 Å². The van der Waals surface area contributed by atoms with E-state index in [1.54, 1.807) is 37.8 Å². The van der Waals surface area contributed by atoms with Crippen molar-refractivity contribution in [3.63, 3.8) is 0 Å². The van der Waals surface area contributed by atoms with E-state index in [1.165, 1.54) is 22.3 Å². The van der Waals surface area contributed by atoms with E-state index in [9.17, 15) is 0 Å². The van der Waals surface area contributed by atoms with Gasteiger partial charge in [0.1, 0.15) is 57.6 Å². The van der Waals surface area contributed by atoms with Gasteiger partial charge < -0.3 is 0 Å². The third-order valence-electron chi connectivity index (χ3n) is 20.7. The fourth-order valence-electron chi connectivity index (χ4n) is 11.3. The van der Waals surface area contributed by atoms with Crippen LogP contribution in [0.5, 0.6) is 0 Å². The predicted molar refractivity (Wildman–Crippen MR) is 624 cm³/mol. The molecule has 0 spiro atoms. The number of rotatable bonds is 1. The number of pyridine rings is 4. The molecular formula is C126H183ClN22. The van der Waals surface area contributed by atoms with Crippen LogP contribution in [0.3, 0.4) is 0 Å². The van der Waals surface area contributed by atoms with Crippen LogP contribution >= 0.6 is 11.6 Å². The van der Waals surface area contributed by atoms with Gasteiger partial charge in [0, 0.05) is 223 Å². The molecule has 149 heavy (non-hydrogen) atoms. The molecule has 0 aliphatic carbocycles. The summed E-state index contributed by atoms with van der Waals surface area (Å²) >= 11 is 5.74. The Morgan fingerprint density at radius 1 is 0.188 bits per heavy atom. The summed E-state index contributed by atoms with van der Waals surface area (Å²) in [6.45, 7) is 103. The monoisotopic (exact) mass is 2040 g/mol. The van der Waals surface area contributed by atoms with Crippen molar-refractivity contribution in [2.45, 2.75) is 410 Å². The molecule has 0 bridgehead atoms. The molecule has 0 radical (unpaired) electrons. The summed E-state index contributed by atoms with van der Waals surface area (Å²) in [6.07, 6.45) is 38.9. The second-order valence-corrected chi connectivity index (χ2v) is 51.0. The van der Waals surface area contributed by atoms with E-state index >= 15 is 0 Å². The zero-order valence-electron chi connectivity index (χ0n) is 101. The Hall–Kier alpha value is -12.6. The Labute approximate surface area is 905 Å². The summed E-state index contributed by atoms with van der Waals surface area (Å²) in [7, 11) is 0. The number of hydrogen-bond donors (Lipinski definition) is 0. The number of aryl methyl sites for hydroxylation is 9.